The van der Waals surface area contributed by atoms with Crippen LogP contribution in [0.25, 0.3) is 0 Å². The Morgan fingerprint density at radius 3 is 2.70 bits per heavy atom. The molecule has 2 fully saturated rings. The van der Waals surface area contributed by atoms with E-state index in [1.165, 1.54) is 11.8 Å². The van der Waals surface area contributed by atoms with Gasteiger partial charge in [-0.2, -0.15) is 0 Å². The van der Waals surface area contributed by atoms with E-state index < -0.39 is 5.91 Å². The van der Waals surface area contributed by atoms with E-state index >= 15 is 0 Å². The highest BCUT2D eigenvalue weighted by atomic mass is 16.1. The number of aromatic nitrogens is 2. The van der Waals surface area contributed by atoms with Crippen molar-refractivity contribution in [3.63, 3.8) is 0 Å². The summed E-state index contributed by atoms with van der Waals surface area (Å²) < 4.78 is 0. The Morgan fingerprint density at radius 1 is 1.19 bits per heavy atom. The third kappa shape index (κ3) is 4.09. The van der Waals surface area contributed by atoms with Crippen LogP contribution in [-0.2, 0) is 6.42 Å². The lowest BCUT2D eigenvalue weighted by atomic mass is 9.81. The van der Waals surface area contributed by atoms with Crippen molar-refractivity contribution in [2.24, 2.45) is 17.6 Å². The number of nitrogens with two attached hydrogens (primary N) is 1. The van der Waals surface area contributed by atoms with E-state index in [9.17, 15) is 4.79 Å². The van der Waals surface area contributed by atoms with Crippen LogP contribution >= 0.6 is 0 Å². The number of carbonyl (C=O) groups excluding carboxylic acids is 1. The molecule has 2 unspecified atom stereocenters. The van der Waals surface area contributed by atoms with Gasteiger partial charge in [-0.05, 0) is 36.7 Å². The standard InChI is InChI=1S/C20H26N6O/c21-20(27)17-12-22-13-18(24-17)26-8-6-15(7-9-26)19-16(11-23-25-19)10-14-4-2-1-3-5-14/h1-5,12-13,15-16,19,23,25H,6-11H2,(H2,21,27). The van der Waals surface area contributed by atoms with Gasteiger partial charge in [-0.3, -0.25) is 20.6 Å². The monoisotopic (exact) mass is 366 g/mol. The van der Waals surface area contributed by atoms with Gasteiger partial charge in [0.05, 0.1) is 12.4 Å². The molecule has 2 saturated heterocycles. The molecular formula is C20H26N6O. The zero-order valence-electron chi connectivity index (χ0n) is 15.3. The first-order valence-corrected chi connectivity index (χ1v) is 9.60. The van der Waals surface area contributed by atoms with Crippen molar-refractivity contribution in [3.8, 4) is 0 Å². The second kappa shape index (κ2) is 8.02. The first-order valence-electron chi connectivity index (χ1n) is 9.60. The fourth-order valence-electron chi connectivity index (χ4n) is 4.29. The molecule has 0 radical (unpaired) electrons. The second-order valence-electron chi connectivity index (χ2n) is 7.45. The Labute approximate surface area is 159 Å². The molecule has 2 atom stereocenters. The highest BCUT2D eigenvalue weighted by Gasteiger charge is 2.35. The fraction of sp³-hybridized carbons (Fsp3) is 0.450. The average molecular weight is 366 g/mol. The number of benzene rings is 1. The zero-order chi connectivity index (χ0) is 18.6. The number of rotatable bonds is 5. The molecule has 4 N–H and O–H groups in total. The van der Waals surface area contributed by atoms with Gasteiger partial charge in [-0.25, -0.2) is 4.98 Å². The molecule has 2 aliphatic rings. The summed E-state index contributed by atoms with van der Waals surface area (Å²) in [7, 11) is 0. The molecule has 27 heavy (non-hydrogen) atoms. The Morgan fingerprint density at radius 2 is 1.96 bits per heavy atom. The van der Waals surface area contributed by atoms with E-state index in [2.05, 4.69) is 56.1 Å². The van der Waals surface area contributed by atoms with Crippen LogP contribution in [-0.4, -0.2) is 41.6 Å². The number of hydrogen-bond acceptors (Lipinski definition) is 6. The van der Waals surface area contributed by atoms with Crippen LogP contribution in [0.3, 0.4) is 0 Å². The molecule has 1 amide bonds. The zero-order valence-corrected chi connectivity index (χ0v) is 15.3. The van der Waals surface area contributed by atoms with Crippen LogP contribution in [0.15, 0.2) is 42.7 Å². The van der Waals surface area contributed by atoms with Crippen LogP contribution in [0.1, 0.15) is 28.9 Å². The van der Waals surface area contributed by atoms with Crippen LogP contribution < -0.4 is 21.5 Å². The minimum atomic E-state index is -0.538. The van der Waals surface area contributed by atoms with Gasteiger partial charge in [0.15, 0.2) is 0 Å². The first kappa shape index (κ1) is 17.9. The third-order valence-electron chi connectivity index (χ3n) is 5.73. The summed E-state index contributed by atoms with van der Waals surface area (Å²) in [6.07, 6.45) is 6.40. The summed E-state index contributed by atoms with van der Waals surface area (Å²) in [5.74, 6) is 1.42. The molecule has 1 aromatic carbocycles. The maximum atomic E-state index is 11.3. The van der Waals surface area contributed by atoms with E-state index in [1.54, 1.807) is 6.20 Å². The van der Waals surface area contributed by atoms with Gasteiger partial charge in [0.1, 0.15) is 11.5 Å². The number of nitrogens with one attached hydrogen (secondary N) is 2. The molecule has 7 heteroatoms. The molecule has 7 nitrogen and oxygen atoms in total. The maximum absolute atomic E-state index is 11.3. The van der Waals surface area contributed by atoms with Crippen molar-refractivity contribution in [2.45, 2.75) is 25.3 Å². The summed E-state index contributed by atoms with van der Waals surface area (Å²) >= 11 is 0. The van der Waals surface area contributed by atoms with E-state index in [1.807, 2.05) is 0 Å². The average Bonchev–Trinajstić information content (AvgIpc) is 3.17. The predicted octanol–water partition coefficient (Wildman–Crippen LogP) is 1.13. The number of primary amides is 1. The summed E-state index contributed by atoms with van der Waals surface area (Å²) in [6, 6.07) is 11.2. The minimum absolute atomic E-state index is 0.221. The summed E-state index contributed by atoms with van der Waals surface area (Å²) in [4.78, 5) is 22.0. The molecule has 0 saturated carbocycles. The van der Waals surface area contributed by atoms with Crippen LogP contribution in [0.5, 0.6) is 0 Å². The van der Waals surface area contributed by atoms with E-state index in [0.29, 0.717) is 17.9 Å². The molecular weight excluding hydrogens is 340 g/mol. The smallest absolute Gasteiger partial charge is 0.268 e. The molecule has 1 aromatic heterocycles. The SMILES string of the molecule is NC(=O)c1cncc(N2CCC(C3NNCC3Cc3ccccc3)CC2)n1. The predicted molar refractivity (Wildman–Crippen MR) is 104 cm³/mol. The molecule has 2 aliphatic heterocycles. The summed E-state index contributed by atoms with van der Waals surface area (Å²) in [5, 5.41) is 0. The molecule has 4 rings (SSSR count). The van der Waals surface area contributed by atoms with E-state index in [-0.39, 0.29) is 5.69 Å². The summed E-state index contributed by atoms with van der Waals surface area (Å²) in [6.45, 7) is 2.83. The van der Waals surface area contributed by atoms with Gasteiger partial charge >= 0.3 is 0 Å². The molecule has 0 spiro atoms. The van der Waals surface area contributed by atoms with Gasteiger partial charge in [0.2, 0.25) is 0 Å². The van der Waals surface area contributed by atoms with Crippen molar-refractivity contribution >= 4 is 11.7 Å². The third-order valence-corrected chi connectivity index (χ3v) is 5.73. The topological polar surface area (TPSA) is 96.2 Å². The number of carbonyl (C=O) groups is 1. The molecule has 142 valence electrons. The number of piperidine rings is 1. The first-order chi connectivity index (χ1) is 13.2. The van der Waals surface area contributed by atoms with E-state index in [4.69, 9.17) is 5.73 Å². The maximum Gasteiger partial charge on any atom is 0.268 e. The largest absolute Gasteiger partial charge is 0.364 e. The fourth-order valence-corrected chi connectivity index (χ4v) is 4.29. The normalized spacial score (nSPS) is 23.5. The number of nitrogens with zero attached hydrogens (tertiary/aromatic N) is 3. The Bertz CT molecular complexity index is 775. The van der Waals surface area contributed by atoms with Crippen molar-refractivity contribution in [1.82, 2.24) is 20.8 Å². The van der Waals surface area contributed by atoms with Gasteiger partial charge in [0.25, 0.3) is 5.91 Å². The Hall–Kier alpha value is -2.51. The van der Waals surface area contributed by atoms with Crippen molar-refractivity contribution in [3.05, 3.63) is 54.0 Å². The van der Waals surface area contributed by atoms with Gasteiger partial charge < -0.3 is 10.6 Å². The van der Waals surface area contributed by atoms with Gasteiger partial charge in [-0.1, -0.05) is 30.3 Å². The molecule has 2 aromatic rings. The number of amides is 1. The lowest BCUT2D eigenvalue weighted by Gasteiger charge is -2.37. The Balaban J connectivity index is 1.37. The van der Waals surface area contributed by atoms with Crippen molar-refractivity contribution < 1.29 is 4.79 Å². The molecule has 0 bridgehead atoms. The highest BCUT2D eigenvalue weighted by molar-refractivity contribution is 5.90. The lowest BCUT2D eigenvalue weighted by molar-refractivity contribution is 0.0995. The van der Waals surface area contributed by atoms with Crippen molar-refractivity contribution in [1.29, 1.82) is 0 Å². The Kier molecular flexibility index (Phi) is 5.31. The second-order valence-corrected chi connectivity index (χ2v) is 7.45. The number of hydrogen-bond donors (Lipinski definition) is 3. The minimum Gasteiger partial charge on any atom is -0.364 e. The highest BCUT2D eigenvalue weighted by Crippen LogP contribution is 2.30. The quantitative estimate of drug-likeness (QED) is 0.734. The van der Waals surface area contributed by atoms with E-state index in [0.717, 1.165) is 44.7 Å². The van der Waals surface area contributed by atoms with Gasteiger partial charge in [-0.15, -0.1) is 0 Å². The molecule has 0 aliphatic carbocycles. The number of hydrazine groups is 1. The van der Waals surface area contributed by atoms with Gasteiger partial charge in [0, 0.05) is 25.7 Å². The molecule has 3 heterocycles. The van der Waals surface area contributed by atoms with Crippen molar-refractivity contribution in [2.75, 3.05) is 24.5 Å². The number of anilines is 1. The lowest BCUT2D eigenvalue weighted by Crippen LogP contribution is -2.45. The van der Waals surface area contributed by atoms with Crippen LogP contribution in [0, 0.1) is 11.8 Å². The summed E-state index contributed by atoms with van der Waals surface area (Å²) in [5.41, 5.74) is 13.8. The van der Waals surface area contributed by atoms with Crippen LogP contribution in [0.2, 0.25) is 0 Å². The van der Waals surface area contributed by atoms with Crippen LogP contribution in [0.4, 0.5) is 5.82 Å².